The number of hydrogen-bond donors (Lipinski definition) is 0. The lowest BCUT2D eigenvalue weighted by Gasteiger charge is -2.18. The van der Waals surface area contributed by atoms with Crippen molar-refractivity contribution in [2.24, 2.45) is 0 Å². The third-order valence-corrected chi connectivity index (χ3v) is 5.72. The van der Waals surface area contributed by atoms with Gasteiger partial charge < -0.3 is 0 Å². The summed E-state index contributed by atoms with van der Waals surface area (Å²) in [6.45, 7) is 3.77. The summed E-state index contributed by atoms with van der Waals surface area (Å²) in [5, 5.41) is 1.40. The van der Waals surface area contributed by atoms with Crippen molar-refractivity contribution in [3.05, 3.63) is 69.0 Å². The second-order valence-electron chi connectivity index (χ2n) is 6.68. The van der Waals surface area contributed by atoms with Gasteiger partial charge in [0.05, 0.1) is 27.9 Å². The maximum Gasteiger partial charge on any atom is 0.262 e. The molecular weight excluding hydrogens is 398 g/mol. The van der Waals surface area contributed by atoms with Crippen LogP contribution in [-0.2, 0) is 0 Å². The molecule has 0 saturated heterocycles. The third kappa shape index (κ3) is 3.00. The van der Waals surface area contributed by atoms with E-state index in [4.69, 9.17) is 11.6 Å². The van der Waals surface area contributed by atoms with E-state index >= 15 is 0 Å². The second-order valence-corrected chi connectivity index (χ2v) is 8.03. The molecule has 2 heterocycles. The Balaban J connectivity index is 1.71. The van der Waals surface area contributed by atoms with Gasteiger partial charge in [0.2, 0.25) is 0 Å². The lowest BCUT2D eigenvalue weighted by atomic mass is 10.1. The van der Waals surface area contributed by atoms with Gasteiger partial charge >= 0.3 is 0 Å². The second kappa shape index (κ2) is 7.07. The van der Waals surface area contributed by atoms with Crippen molar-refractivity contribution in [3.63, 3.8) is 0 Å². The first kappa shape index (κ1) is 18.7. The molecule has 2 amide bonds. The van der Waals surface area contributed by atoms with Crippen molar-refractivity contribution in [1.29, 1.82) is 0 Å². The minimum Gasteiger partial charge on any atom is -0.284 e. The zero-order valence-corrected chi connectivity index (χ0v) is 16.8. The average Bonchev–Trinajstić information content (AvgIpc) is 2.90. The van der Waals surface area contributed by atoms with Crippen LogP contribution in [-0.4, -0.2) is 32.1 Å². The highest BCUT2D eigenvalue weighted by Gasteiger charge is 2.35. The number of benzene rings is 2. The van der Waals surface area contributed by atoms with Gasteiger partial charge in [0.15, 0.2) is 5.16 Å². The van der Waals surface area contributed by atoms with Crippen LogP contribution >= 0.6 is 23.4 Å². The molecule has 0 aliphatic carbocycles. The summed E-state index contributed by atoms with van der Waals surface area (Å²) >= 11 is 7.22. The number of imide groups is 1. The summed E-state index contributed by atoms with van der Waals surface area (Å²) in [6, 6.07) is 11.5. The molecule has 1 aliphatic heterocycles. The molecule has 142 valence electrons. The minimum absolute atomic E-state index is 0.0670. The largest absolute Gasteiger partial charge is 0.284 e. The molecule has 4 rings (SSSR count). The number of thioether (sulfide) groups is 1. The fourth-order valence-corrected chi connectivity index (χ4v) is 4.43. The van der Waals surface area contributed by atoms with Crippen LogP contribution in [0.2, 0.25) is 5.02 Å². The van der Waals surface area contributed by atoms with Crippen LogP contribution < -0.4 is 5.56 Å². The summed E-state index contributed by atoms with van der Waals surface area (Å²) in [6.07, 6.45) is 0. The molecule has 1 aliphatic rings. The summed E-state index contributed by atoms with van der Waals surface area (Å²) < 4.78 is 1.57. The smallest absolute Gasteiger partial charge is 0.262 e. The molecule has 8 heteroatoms. The van der Waals surface area contributed by atoms with Gasteiger partial charge in [-0.15, -0.1) is 0 Å². The predicted molar refractivity (Wildman–Crippen MR) is 109 cm³/mol. The summed E-state index contributed by atoms with van der Waals surface area (Å²) in [5.41, 5.74) is 1.10. The van der Waals surface area contributed by atoms with Gasteiger partial charge in [-0.3, -0.25) is 23.9 Å². The van der Waals surface area contributed by atoms with Crippen molar-refractivity contribution in [2.75, 3.05) is 5.88 Å². The van der Waals surface area contributed by atoms with Crippen LogP contribution in [0.15, 0.2) is 52.4 Å². The van der Waals surface area contributed by atoms with E-state index in [0.29, 0.717) is 32.2 Å². The van der Waals surface area contributed by atoms with Crippen LogP contribution in [0.3, 0.4) is 0 Å². The number of amides is 2. The minimum atomic E-state index is -0.338. The number of hydrogen-bond acceptors (Lipinski definition) is 5. The number of halogens is 1. The van der Waals surface area contributed by atoms with Crippen LogP contribution in [0.1, 0.15) is 40.6 Å². The lowest BCUT2D eigenvalue weighted by molar-refractivity contribution is 0.0684. The molecule has 0 N–H and O–H groups in total. The fraction of sp³-hybridized carbons (Fsp3) is 0.200. The van der Waals surface area contributed by atoms with E-state index in [2.05, 4.69) is 4.98 Å². The van der Waals surface area contributed by atoms with E-state index in [9.17, 15) is 14.4 Å². The van der Waals surface area contributed by atoms with Gasteiger partial charge in [-0.1, -0.05) is 35.5 Å². The number of fused-ring (bicyclic) bond motifs is 2. The van der Waals surface area contributed by atoms with Crippen molar-refractivity contribution >= 4 is 46.1 Å². The number of rotatable bonds is 4. The molecule has 2 aromatic carbocycles. The molecule has 0 fully saturated rings. The molecule has 0 bridgehead atoms. The van der Waals surface area contributed by atoms with Gasteiger partial charge in [-0.25, -0.2) is 4.98 Å². The Kier molecular flexibility index (Phi) is 4.72. The maximum atomic E-state index is 12.9. The zero-order chi connectivity index (χ0) is 20.0. The first-order valence-corrected chi connectivity index (χ1v) is 10.0. The maximum absolute atomic E-state index is 12.9. The van der Waals surface area contributed by atoms with Gasteiger partial charge in [0, 0.05) is 11.1 Å². The molecule has 0 unspecified atom stereocenters. The van der Waals surface area contributed by atoms with E-state index in [1.165, 1.54) is 16.7 Å². The molecule has 0 saturated carbocycles. The van der Waals surface area contributed by atoms with Crippen LogP contribution in [0.4, 0.5) is 0 Å². The average molecular weight is 414 g/mol. The highest BCUT2D eigenvalue weighted by Crippen LogP contribution is 2.28. The molecule has 0 spiro atoms. The highest BCUT2D eigenvalue weighted by molar-refractivity contribution is 7.99. The van der Waals surface area contributed by atoms with Crippen LogP contribution in [0, 0.1) is 0 Å². The van der Waals surface area contributed by atoms with Crippen molar-refractivity contribution in [3.8, 4) is 0 Å². The molecule has 1 aromatic heterocycles. The first-order chi connectivity index (χ1) is 13.4. The van der Waals surface area contributed by atoms with Crippen LogP contribution in [0.25, 0.3) is 10.9 Å². The van der Waals surface area contributed by atoms with Crippen molar-refractivity contribution in [2.45, 2.75) is 25.0 Å². The number of carbonyl (C=O) groups excluding carboxylic acids is 2. The Bertz CT molecular complexity index is 1150. The van der Waals surface area contributed by atoms with Gasteiger partial charge in [-0.05, 0) is 44.2 Å². The summed E-state index contributed by atoms with van der Waals surface area (Å²) in [7, 11) is 0. The van der Waals surface area contributed by atoms with Crippen molar-refractivity contribution in [1.82, 2.24) is 14.5 Å². The van der Waals surface area contributed by atoms with Gasteiger partial charge in [0.1, 0.15) is 0 Å². The van der Waals surface area contributed by atoms with Crippen LogP contribution in [0.5, 0.6) is 0 Å². The molecule has 28 heavy (non-hydrogen) atoms. The third-order valence-electron chi connectivity index (χ3n) is 4.55. The number of aromatic nitrogens is 2. The van der Waals surface area contributed by atoms with Gasteiger partial charge in [-0.2, -0.15) is 0 Å². The topological polar surface area (TPSA) is 72.3 Å². The highest BCUT2D eigenvalue weighted by atomic mass is 35.5. The summed E-state index contributed by atoms with van der Waals surface area (Å²) in [5.74, 6) is -0.608. The van der Waals surface area contributed by atoms with Gasteiger partial charge in [0.25, 0.3) is 17.4 Å². The first-order valence-electron chi connectivity index (χ1n) is 8.68. The Morgan fingerprint density at radius 1 is 1.04 bits per heavy atom. The molecule has 3 aromatic rings. The van der Waals surface area contributed by atoms with E-state index in [1.54, 1.807) is 47.0 Å². The van der Waals surface area contributed by atoms with E-state index in [-0.39, 0.29) is 29.3 Å². The van der Waals surface area contributed by atoms with E-state index in [1.807, 2.05) is 13.8 Å². The predicted octanol–water partition coefficient (Wildman–Crippen LogP) is 3.98. The molecule has 0 atom stereocenters. The lowest BCUT2D eigenvalue weighted by Crippen LogP contribution is -2.30. The SMILES string of the molecule is CC(C)n1c(SCN2C(=O)c3ccccc3C2=O)nc2cc(Cl)ccc2c1=O. The molecule has 0 radical (unpaired) electrons. The Morgan fingerprint density at radius 2 is 1.68 bits per heavy atom. The fourth-order valence-electron chi connectivity index (χ4n) is 3.19. The monoisotopic (exact) mass is 413 g/mol. The van der Waals surface area contributed by atoms with Crippen molar-refractivity contribution < 1.29 is 9.59 Å². The molecule has 6 nitrogen and oxygen atoms in total. The number of nitrogens with zero attached hydrogens (tertiary/aromatic N) is 3. The zero-order valence-electron chi connectivity index (χ0n) is 15.2. The quantitative estimate of drug-likeness (QED) is 0.367. The standard InChI is InChI=1S/C20H16ClN3O3S/c1-11(2)24-19(27)15-8-7-12(21)9-16(15)22-20(24)28-10-23-17(25)13-5-3-4-6-14(13)18(23)26/h3-9,11H,10H2,1-2H3. The Labute approximate surface area is 170 Å². The Morgan fingerprint density at radius 3 is 2.29 bits per heavy atom. The normalized spacial score (nSPS) is 13.6. The van der Waals surface area contributed by atoms with E-state index < -0.39 is 0 Å². The summed E-state index contributed by atoms with van der Waals surface area (Å²) in [4.78, 5) is 43.8. The molecular formula is C20H16ClN3O3S. The Hall–Kier alpha value is -2.64. The van der Waals surface area contributed by atoms with E-state index in [0.717, 1.165) is 0 Å². The number of carbonyl (C=O) groups is 2.